The third-order valence-electron chi connectivity index (χ3n) is 2.13. The van der Waals surface area contributed by atoms with Gasteiger partial charge in [-0.05, 0) is 0 Å². The molecule has 0 aliphatic rings. The summed E-state index contributed by atoms with van der Waals surface area (Å²) in [5.41, 5.74) is 0.805. The van der Waals surface area contributed by atoms with Crippen molar-refractivity contribution in [3.8, 4) is 5.75 Å². The van der Waals surface area contributed by atoms with Crippen molar-refractivity contribution < 1.29 is 5.11 Å². The van der Waals surface area contributed by atoms with E-state index in [1.165, 1.54) is 0 Å². The second-order valence-electron chi connectivity index (χ2n) is 4.42. The Morgan fingerprint density at radius 1 is 1.40 bits per heavy atom. The van der Waals surface area contributed by atoms with Gasteiger partial charge in [-0.2, -0.15) is 0 Å². The Hall–Kier alpha value is 0.465. The molecule has 0 radical (unpaired) electrons. The first-order chi connectivity index (χ1) is 6.73. The van der Waals surface area contributed by atoms with Crippen molar-refractivity contribution >= 4 is 51.9 Å². The van der Waals surface area contributed by atoms with Crippen LogP contribution >= 0.6 is 39.5 Å². The molecule has 0 bridgehead atoms. The first-order valence-electron chi connectivity index (χ1n) is 4.50. The summed E-state index contributed by atoms with van der Waals surface area (Å²) in [4.78, 5) is -0.0738. The molecule has 0 aliphatic carbocycles. The van der Waals surface area contributed by atoms with Gasteiger partial charge in [-0.15, -0.1) is 0 Å². The number of aromatic hydroxyl groups is 1. The van der Waals surface area contributed by atoms with Crippen LogP contribution in [0.2, 0.25) is 0 Å². The number of rotatable bonds is 0. The van der Waals surface area contributed by atoms with E-state index in [0.29, 0.717) is 4.90 Å². The van der Waals surface area contributed by atoms with Gasteiger partial charge in [-0.1, -0.05) is 0 Å². The summed E-state index contributed by atoms with van der Waals surface area (Å²) in [7, 11) is 5.88. The molecule has 0 aliphatic heterocycles. The van der Waals surface area contributed by atoms with Gasteiger partial charge in [0.2, 0.25) is 0 Å². The van der Waals surface area contributed by atoms with E-state index in [4.69, 9.17) is 7.01 Å². The second kappa shape index (κ2) is 4.76. The fourth-order valence-electron chi connectivity index (χ4n) is 1.30. The Morgan fingerprint density at radius 3 is 2.33 bits per heavy atom. The number of phenols is 1. The van der Waals surface area contributed by atoms with Gasteiger partial charge in [-0.3, -0.25) is 0 Å². The van der Waals surface area contributed by atoms with E-state index in [1.807, 2.05) is 12.1 Å². The van der Waals surface area contributed by atoms with Crippen LogP contribution in [-0.4, -0.2) is 12.1 Å². The molecule has 1 atom stereocenters. The molecule has 0 fully saturated rings. The third-order valence-corrected chi connectivity index (χ3v) is 4.89. The Labute approximate surface area is 111 Å². The first kappa shape index (κ1) is 13.5. The van der Waals surface area contributed by atoms with Crippen molar-refractivity contribution in [3.05, 3.63) is 17.7 Å². The number of benzene rings is 1. The molecule has 1 rings (SSSR count). The van der Waals surface area contributed by atoms with Crippen LogP contribution in [0, 0.1) is 0 Å². The number of halogens is 1. The summed E-state index contributed by atoms with van der Waals surface area (Å²) in [5.74, 6) is 0.267. The van der Waals surface area contributed by atoms with Crippen molar-refractivity contribution in [2.45, 2.75) is 31.1 Å². The molecule has 1 unspecified atom stereocenters. The predicted molar refractivity (Wildman–Crippen MR) is 80.4 cm³/mol. The summed E-state index contributed by atoms with van der Waals surface area (Å²) in [5, 5.41) is 11.0. The molecular formula is C10H13BIOPS. The predicted octanol–water partition coefficient (Wildman–Crippen LogP) is 3.52. The number of phenolic OH excluding ortho intramolecular Hbond substituents is 1. The average Bonchev–Trinajstić information content (AvgIpc) is 2.06. The van der Waals surface area contributed by atoms with Crippen molar-refractivity contribution in [3.63, 3.8) is 0 Å². The fraction of sp³-hybridized carbons (Fsp3) is 0.400. The SMILES string of the molecule is B#P(I)c1cc(S)c(O)c(C(C)(C)C)c1. The zero-order chi connectivity index (χ0) is 11.8. The summed E-state index contributed by atoms with van der Waals surface area (Å²) >= 11 is 6.47. The molecule has 0 saturated heterocycles. The van der Waals surface area contributed by atoms with Crippen LogP contribution in [0.4, 0.5) is 0 Å². The van der Waals surface area contributed by atoms with E-state index in [2.05, 4.69) is 55.4 Å². The molecule has 1 nitrogen and oxygen atoms in total. The van der Waals surface area contributed by atoms with Gasteiger partial charge < -0.3 is 0 Å². The molecule has 0 aromatic heterocycles. The van der Waals surface area contributed by atoms with Crippen molar-refractivity contribution in [2.75, 3.05) is 0 Å². The van der Waals surface area contributed by atoms with E-state index >= 15 is 0 Å². The van der Waals surface area contributed by atoms with E-state index in [1.54, 1.807) is 0 Å². The molecule has 1 N–H and O–H groups in total. The van der Waals surface area contributed by atoms with E-state index in [0.717, 1.165) is 10.9 Å². The van der Waals surface area contributed by atoms with Crippen LogP contribution in [0.25, 0.3) is 0 Å². The monoisotopic (exact) mass is 350 g/mol. The standard InChI is InChI=1S/C10H13BIOPS/c1-10(2,3)7-4-6(14(11)12)5-8(15)9(7)13/h4-5,13,15H,1-3H3. The molecule has 1 aromatic carbocycles. The van der Waals surface area contributed by atoms with Gasteiger partial charge in [0.25, 0.3) is 0 Å². The minimum absolute atomic E-state index is 0.0977. The van der Waals surface area contributed by atoms with Crippen LogP contribution in [0.3, 0.4) is 0 Å². The Balaban J connectivity index is 3.47. The molecule has 0 saturated carbocycles. The normalized spacial score (nSPS) is 12.9. The van der Waals surface area contributed by atoms with Crippen molar-refractivity contribution in [1.82, 2.24) is 0 Å². The molecular weight excluding hydrogens is 337 g/mol. The molecule has 80 valence electrons. The fourth-order valence-corrected chi connectivity index (χ4v) is 3.00. The zero-order valence-corrected chi connectivity index (χ0v) is 12.9. The third kappa shape index (κ3) is 3.21. The van der Waals surface area contributed by atoms with Gasteiger partial charge >= 0.3 is 111 Å². The van der Waals surface area contributed by atoms with Crippen LogP contribution in [-0.2, 0) is 5.41 Å². The molecule has 15 heavy (non-hydrogen) atoms. The average molecular weight is 350 g/mol. The number of thiol groups is 1. The van der Waals surface area contributed by atoms with Crippen LogP contribution in [0.5, 0.6) is 5.75 Å². The zero-order valence-electron chi connectivity index (χ0n) is 8.95. The van der Waals surface area contributed by atoms with Gasteiger partial charge in [0.05, 0.1) is 0 Å². The Kier molecular flexibility index (Phi) is 4.30. The Morgan fingerprint density at radius 2 is 1.93 bits per heavy atom. The summed E-state index contributed by atoms with van der Waals surface area (Å²) in [6, 6.07) is 3.82. The molecule has 1 aromatic rings. The van der Waals surface area contributed by atoms with Crippen LogP contribution < -0.4 is 5.30 Å². The number of hydrogen-bond donors (Lipinski definition) is 2. The molecule has 5 heteroatoms. The van der Waals surface area contributed by atoms with Gasteiger partial charge in [0, 0.05) is 0 Å². The minimum atomic E-state index is -0.678. The number of hydrogen-bond acceptors (Lipinski definition) is 2. The van der Waals surface area contributed by atoms with Crippen molar-refractivity contribution in [1.29, 1.82) is 0 Å². The van der Waals surface area contributed by atoms with Crippen LogP contribution in [0.15, 0.2) is 17.0 Å². The van der Waals surface area contributed by atoms with Crippen molar-refractivity contribution in [2.24, 2.45) is 0 Å². The summed E-state index contributed by atoms with van der Waals surface area (Å²) in [6.45, 7) is 6.18. The quantitative estimate of drug-likeness (QED) is 0.318. The second-order valence-corrected chi connectivity index (χ2v) is 9.16. The Bertz CT molecular complexity index is 459. The van der Waals surface area contributed by atoms with Gasteiger partial charge in [0.1, 0.15) is 0 Å². The molecule has 0 amide bonds. The van der Waals surface area contributed by atoms with Gasteiger partial charge in [0.15, 0.2) is 0 Å². The molecule has 0 spiro atoms. The van der Waals surface area contributed by atoms with Gasteiger partial charge in [-0.25, -0.2) is 0 Å². The van der Waals surface area contributed by atoms with E-state index in [-0.39, 0.29) is 11.2 Å². The first-order valence-corrected chi connectivity index (χ1v) is 9.15. The van der Waals surface area contributed by atoms with Crippen LogP contribution in [0.1, 0.15) is 26.3 Å². The van der Waals surface area contributed by atoms with E-state index in [9.17, 15) is 5.11 Å². The van der Waals surface area contributed by atoms with E-state index < -0.39 is 4.88 Å². The summed E-state index contributed by atoms with van der Waals surface area (Å²) < 4.78 is 0. The maximum absolute atomic E-state index is 9.93. The molecule has 0 heterocycles. The topological polar surface area (TPSA) is 20.2 Å². The summed E-state index contributed by atoms with van der Waals surface area (Å²) in [6.07, 6.45) is 0. The maximum atomic E-state index is 9.93.